The third kappa shape index (κ3) is 2.98. The van der Waals surface area contributed by atoms with Gasteiger partial charge in [-0.2, -0.15) is 5.10 Å². The third-order valence-corrected chi connectivity index (χ3v) is 2.53. The quantitative estimate of drug-likeness (QED) is 0.643. The van der Waals surface area contributed by atoms with E-state index in [4.69, 9.17) is 11.6 Å². The second-order valence-electron chi connectivity index (χ2n) is 3.41. The van der Waals surface area contributed by atoms with Crippen LogP contribution in [0.1, 0.15) is 5.56 Å². The zero-order valence-electron chi connectivity index (χ0n) is 8.97. The van der Waals surface area contributed by atoms with Crippen molar-refractivity contribution in [2.45, 2.75) is 0 Å². The van der Waals surface area contributed by atoms with E-state index >= 15 is 0 Å². The molecule has 0 aliphatic heterocycles. The number of phenols is 1. The Balaban J connectivity index is 2.09. The number of nitrogens with zero attached hydrogens (tertiary/aromatic N) is 1. The minimum absolute atomic E-state index is 0.192. The zero-order chi connectivity index (χ0) is 12.1. The van der Waals surface area contributed by atoms with E-state index in [1.165, 1.54) is 0 Å². The Bertz CT molecular complexity index is 540. The summed E-state index contributed by atoms with van der Waals surface area (Å²) >= 11 is 5.95. The van der Waals surface area contributed by atoms with Crippen molar-refractivity contribution in [1.29, 1.82) is 0 Å². The monoisotopic (exact) mass is 246 g/mol. The van der Waals surface area contributed by atoms with E-state index in [0.29, 0.717) is 10.6 Å². The van der Waals surface area contributed by atoms with Crippen LogP contribution in [0.15, 0.2) is 53.6 Å². The van der Waals surface area contributed by atoms with E-state index in [0.717, 1.165) is 5.69 Å². The highest BCUT2D eigenvalue weighted by atomic mass is 35.5. The molecule has 0 heterocycles. The van der Waals surface area contributed by atoms with E-state index in [2.05, 4.69) is 10.5 Å². The summed E-state index contributed by atoms with van der Waals surface area (Å²) in [5.41, 5.74) is 4.18. The van der Waals surface area contributed by atoms with Crippen molar-refractivity contribution >= 4 is 23.5 Å². The van der Waals surface area contributed by atoms with Crippen LogP contribution >= 0.6 is 11.6 Å². The van der Waals surface area contributed by atoms with Crippen molar-refractivity contribution in [2.24, 2.45) is 5.10 Å². The van der Waals surface area contributed by atoms with Gasteiger partial charge in [-0.05, 0) is 24.3 Å². The largest absolute Gasteiger partial charge is 0.507 e. The van der Waals surface area contributed by atoms with Crippen molar-refractivity contribution in [2.75, 3.05) is 5.43 Å². The van der Waals surface area contributed by atoms with Gasteiger partial charge < -0.3 is 5.11 Å². The highest BCUT2D eigenvalue weighted by Gasteiger charge is 1.96. The summed E-state index contributed by atoms with van der Waals surface area (Å²) in [4.78, 5) is 0. The third-order valence-electron chi connectivity index (χ3n) is 2.20. The van der Waals surface area contributed by atoms with Gasteiger partial charge in [0.05, 0.1) is 16.9 Å². The molecule has 0 spiro atoms. The van der Waals surface area contributed by atoms with Crippen LogP contribution in [0, 0.1) is 0 Å². The summed E-state index contributed by atoms with van der Waals surface area (Å²) in [6.45, 7) is 0. The van der Waals surface area contributed by atoms with Gasteiger partial charge in [0.2, 0.25) is 0 Å². The molecule has 0 bridgehead atoms. The van der Waals surface area contributed by atoms with Crippen molar-refractivity contribution in [3.05, 3.63) is 59.1 Å². The number of rotatable bonds is 3. The first-order valence-electron chi connectivity index (χ1n) is 5.09. The predicted molar refractivity (Wildman–Crippen MR) is 70.8 cm³/mol. The van der Waals surface area contributed by atoms with Crippen molar-refractivity contribution in [3.8, 4) is 5.75 Å². The molecule has 0 fully saturated rings. The molecule has 2 aromatic rings. The SMILES string of the molecule is Oc1ccccc1/C=N/Nc1ccccc1Cl. The minimum Gasteiger partial charge on any atom is -0.507 e. The van der Waals surface area contributed by atoms with E-state index in [1.54, 1.807) is 30.5 Å². The van der Waals surface area contributed by atoms with Gasteiger partial charge in [0, 0.05) is 5.56 Å². The molecular formula is C13H11ClN2O. The van der Waals surface area contributed by atoms with E-state index in [1.807, 2.05) is 24.3 Å². The lowest BCUT2D eigenvalue weighted by molar-refractivity contribution is 0.474. The molecule has 0 radical (unpaired) electrons. The molecule has 0 unspecified atom stereocenters. The second kappa shape index (κ2) is 5.37. The van der Waals surface area contributed by atoms with Crippen LogP contribution in [0.4, 0.5) is 5.69 Å². The molecule has 0 saturated heterocycles. The maximum Gasteiger partial charge on any atom is 0.124 e. The molecule has 86 valence electrons. The highest BCUT2D eigenvalue weighted by molar-refractivity contribution is 6.33. The van der Waals surface area contributed by atoms with Gasteiger partial charge in [-0.3, -0.25) is 5.43 Å². The van der Waals surface area contributed by atoms with Gasteiger partial charge >= 0.3 is 0 Å². The fourth-order valence-corrected chi connectivity index (χ4v) is 1.50. The fraction of sp³-hybridized carbons (Fsp3) is 0. The lowest BCUT2D eigenvalue weighted by atomic mass is 10.2. The lowest BCUT2D eigenvalue weighted by Gasteiger charge is -2.02. The number of hydrogen-bond donors (Lipinski definition) is 2. The van der Waals surface area contributed by atoms with Crippen LogP contribution < -0.4 is 5.43 Å². The summed E-state index contributed by atoms with van der Waals surface area (Å²) in [6.07, 6.45) is 1.54. The summed E-state index contributed by atoms with van der Waals surface area (Å²) < 4.78 is 0. The average Bonchev–Trinajstić information content (AvgIpc) is 2.34. The Morgan fingerprint density at radius 1 is 1.06 bits per heavy atom. The average molecular weight is 247 g/mol. The molecule has 3 nitrogen and oxygen atoms in total. The van der Waals surface area contributed by atoms with Gasteiger partial charge in [-0.1, -0.05) is 35.9 Å². The molecule has 0 amide bonds. The molecule has 0 atom stereocenters. The van der Waals surface area contributed by atoms with E-state index < -0.39 is 0 Å². The number of nitrogens with one attached hydrogen (secondary N) is 1. The Hall–Kier alpha value is -2.00. The first-order chi connectivity index (χ1) is 8.27. The molecule has 17 heavy (non-hydrogen) atoms. The van der Waals surface area contributed by atoms with Crippen LogP contribution in [0.5, 0.6) is 5.75 Å². The van der Waals surface area contributed by atoms with Crippen molar-refractivity contribution < 1.29 is 5.11 Å². The first-order valence-corrected chi connectivity index (χ1v) is 5.47. The van der Waals surface area contributed by atoms with Crippen LogP contribution in [-0.4, -0.2) is 11.3 Å². The molecule has 4 heteroatoms. The number of phenolic OH excluding ortho intramolecular Hbond substituents is 1. The molecule has 2 N–H and O–H groups in total. The normalized spacial score (nSPS) is 10.6. The molecule has 0 aliphatic rings. The molecule has 2 aromatic carbocycles. The maximum atomic E-state index is 9.52. The van der Waals surface area contributed by atoms with E-state index in [9.17, 15) is 5.11 Å². The second-order valence-corrected chi connectivity index (χ2v) is 3.82. The standard InChI is InChI=1S/C13H11ClN2O/c14-11-6-2-3-7-12(11)16-15-9-10-5-1-4-8-13(10)17/h1-9,16-17H/b15-9+. The number of hydrazone groups is 1. The highest BCUT2D eigenvalue weighted by Crippen LogP contribution is 2.20. The molecule has 0 saturated carbocycles. The van der Waals surface area contributed by atoms with Gasteiger partial charge in [0.25, 0.3) is 0 Å². The smallest absolute Gasteiger partial charge is 0.124 e. The summed E-state index contributed by atoms with van der Waals surface area (Å²) in [5, 5.41) is 14.1. The summed E-state index contributed by atoms with van der Waals surface area (Å²) in [6, 6.07) is 14.3. The molecular weight excluding hydrogens is 236 g/mol. The fourth-order valence-electron chi connectivity index (χ4n) is 1.32. The molecule has 0 aliphatic carbocycles. The van der Waals surface area contributed by atoms with E-state index in [-0.39, 0.29) is 5.75 Å². The topological polar surface area (TPSA) is 44.6 Å². The lowest BCUT2D eigenvalue weighted by Crippen LogP contribution is -1.91. The van der Waals surface area contributed by atoms with Crippen LogP contribution in [0.3, 0.4) is 0 Å². The van der Waals surface area contributed by atoms with Gasteiger partial charge in [0.1, 0.15) is 5.75 Å². The molecule has 0 aromatic heterocycles. The maximum absolute atomic E-state index is 9.52. The minimum atomic E-state index is 0.192. The number of aromatic hydroxyl groups is 1. The Morgan fingerprint density at radius 2 is 1.76 bits per heavy atom. The van der Waals surface area contributed by atoms with Crippen molar-refractivity contribution in [3.63, 3.8) is 0 Å². The Labute approximate surface area is 104 Å². The summed E-state index contributed by atoms with van der Waals surface area (Å²) in [5.74, 6) is 0.192. The van der Waals surface area contributed by atoms with Crippen LogP contribution in [-0.2, 0) is 0 Å². The number of halogens is 1. The van der Waals surface area contributed by atoms with Crippen LogP contribution in [0.2, 0.25) is 5.02 Å². The van der Waals surface area contributed by atoms with Gasteiger partial charge in [-0.15, -0.1) is 0 Å². The zero-order valence-corrected chi connectivity index (χ0v) is 9.72. The van der Waals surface area contributed by atoms with Crippen LogP contribution in [0.25, 0.3) is 0 Å². The Morgan fingerprint density at radius 3 is 2.53 bits per heavy atom. The Kier molecular flexibility index (Phi) is 3.62. The number of para-hydroxylation sites is 2. The predicted octanol–water partition coefficient (Wildman–Crippen LogP) is 3.49. The number of hydrogen-bond acceptors (Lipinski definition) is 3. The molecule has 2 rings (SSSR count). The number of benzene rings is 2. The number of anilines is 1. The van der Waals surface area contributed by atoms with Gasteiger partial charge in [0.15, 0.2) is 0 Å². The summed E-state index contributed by atoms with van der Waals surface area (Å²) in [7, 11) is 0. The van der Waals surface area contributed by atoms with Crippen molar-refractivity contribution in [1.82, 2.24) is 0 Å². The van der Waals surface area contributed by atoms with Gasteiger partial charge in [-0.25, -0.2) is 0 Å². The first kappa shape index (κ1) is 11.5.